The summed E-state index contributed by atoms with van der Waals surface area (Å²) in [6.07, 6.45) is 0.682. The lowest BCUT2D eigenvalue weighted by atomic mass is 9.89. The average Bonchev–Trinajstić information content (AvgIpc) is 2.65. The van der Waals surface area contributed by atoms with E-state index in [4.69, 9.17) is 13.0 Å². The summed E-state index contributed by atoms with van der Waals surface area (Å²) in [5, 5.41) is 0. The van der Waals surface area contributed by atoms with Crippen LogP contribution in [-0.2, 0) is 0 Å². The number of nitrogens with zero attached hydrogens (tertiary/aromatic N) is 1. The molecule has 0 N–H and O–H groups in total. The molecule has 2 aromatic rings. The molecule has 0 spiro atoms. The number of ketones is 1. The third kappa shape index (κ3) is 5.66. The molecule has 130 valence electrons. The fourth-order valence-electron chi connectivity index (χ4n) is 2.43. The van der Waals surface area contributed by atoms with Crippen LogP contribution in [0.15, 0.2) is 54.6 Å². The first-order chi connectivity index (χ1) is 13.5. The van der Waals surface area contributed by atoms with Crippen molar-refractivity contribution in [2.75, 3.05) is 27.1 Å². The zero-order valence-electron chi connectivity index (χ0n) is 19.6. The Kier molecular flexibility index (Phi) is 5.27. The van der Waals surface area contributed by atoms with Gasteiger partial charge in [0.1, 0.15) is 12.4 Å². The van der Waals surface area contributed by atoms with Gasteiger partial charge in [-0.3, -0.25) is 4.79 Å². The largest absolute Gasteiger partial charge is 0.492 e. The third-order valence-corrected chi connectivity index (χ3v) is 3.65. The fourth-order valence-corrected chi connectivity index (χ4v) is 2.43. The normalized spacial score (nSPS) is 16.4. The van der Waals surface area contributed by atoms with Gasteiger partial charge in [-0.05, 0) is 50.2 Å². The van der Waals surface area contributed by atoms with Crippen LogP contribution < -0.4 is 4.74 Å². The van der Waals surface area contributed by atoms with Gasteiger partial charge < -0.3 is 9.64 Å². The molecule has 0 aromatic heterocycles. The SMILES string of the molecule is Cl.[2H]C([2H])([2H])N(CCOc1ccc(C(=O)C(CC)c2ccccc2)cc1)C([2H])([2H])[2H]. The molecule has 0 aliphatic rings. The number of ether oxygens (including phenoxy) is 1. The van der Waals surface area contributed by atoms with Gasteiger partial charge in [-0.1, -0.05) is 37.3 Å². The van der Waals surface area contributed by atoms with Crippen LogP contribution in [0.5, 0.6) is 5.75 Å². The molecule has 0 amide bonds. The number of carbonyl (C=O) groups is 1. The van der Waals surface area contributed by atoms with Gasteiger partial charge in [0.25, 0.3) is 0 Å². The summed E-state index contributed by atoms with van der Waals surface area (Å²) in [6.45, 7) is -3.89. The maximum absolute atomic E-state index is 12.8. The van der Waals surface area contributed by atoms with Crippen molar-refractivity contribution in [2.24, 2.45) is 0 Å². The fraction of sp³-hybridized carbons (Fsp3) is 0.350. The molecular formula is C20H26ClNO2. The predicted octanol–water partition coefficient (Wildman–Crippen LogP) is 4.43. The van der Waals surface area contributed by atoms with Crippen LogP contribution >= 0.6 is 12.4 Å². The molecule has 2 rings (SSSR count). The molecular weight excluding hydrogens is 322 g/mol. The van der Waals surface area contributed by atoms with Crippen LogP contribution in [0.1, 0.15) is 43.4 Å². The first-order valence-corrected chi connectivity index (χ1v) is 7.64. The van der Waals surface area contributed by atoms with E-state index < -0.39 is 14.0 Å². The minimum Gasteiger partial charge on any atom is -0.492 e. The molecule has 0 aliphatic carbocycles. The molecule has 0 radical (unpaired) electrons. The van der Waals surface area contributed by atoms with Gasteiger partial charge in [0, 0.05) is 26.3 Å². The van der Waals surface area contributed by atoms with Crippen molar-refractivity contribution in [3.05, 3.63) is 65.7 Å². The van der Waals surface area contributed by atoms with Crippen LogP contribution in [0.25, 0.3) is 0 Å². The van der Waals surface area contributed by atoms with Gasteiger partial charge in [0.15, 0.2) is 5.78 Å². The van der Waals surface area contributed by atoms with E-state index in [1.54, 1.807) is 24.3 Å². The van der Waals surface area contributed by atoms with Gasteiger partial charge in [-0.15, -0.1) is 12.4 Å². The quantitative estimate of drug-likeness (QED) is 0.658. The molecule has 0 saturated carbocycles. The second kappa shape index (κ2) is 10.1. The van der Waals surface area contributed by atoms with Gasteiger partial charge in [-0.25, -0.2) is 0 Å². The standard InChI is InChI=1S/C20H25NO2.ClH/c1-4-19(16-8-6-5-7-9-16)20(22)17-10-12-18(13-11-17)23-15-14-21(2)3;/h5-13,19H,4,14-15H2,1-3H3;1H/i2D3,3D3;. The summed E-state index contributed by atoms with van der Waals surface area (Å²) in [6, 6.07) is 16.2. The number of carbonyl (C=O) groups excluding carboxylic acids is 1. The van der Waals surface area contributed by atoms with Gasteiger partial charge in [0.2, 0.25) is 0 Å². The zero-order valence-corrected chi connectivity index (χ0v) is 14.4. The maximum atomic E-state index is 12.8. The summed E-state index contributed by atoms with van der Waals surface area (Å²) < 4.78 is 49.5. The van der Waals surface area contributed by atoms with E-state index in [1.807, 2.05) is 37.3 Å². The summed E-state index contributed by atoms with van der Waals surface area (Å²) in [5.41, 5.74) is 1.52. The summed E-state index contributed by atoms with van der Waals surface area (Å²) in [5.74, 6) is 0.224. The Balaban J connectivity index is 0.00000450. The minimum atomic E-state index is -2.74. The van der Waals surface area contributed by atoms with E-state index in [-0.39, 0.29) is 37.3 Å². The Hall–Kier alpha value is -1.84. The highest BCUT2D eigenvalue weighted by atomic mass is 35.5. The highest BCUT2D eigenvalue weighted by molar-refractivity contribution is 6.01. The van der Waals surface area contributed by atoms with Crippen molar-refractivity contribution < 1.29 is 17.8 Å². The van der Waals surface area contributed by atoms with E-state index in [0.29, 0.717) is 22.6 Å². The van der Waals surface area contributed by atoms with Crippen molar-refractivity contribution in [2.45, 2.75) is 19.3 Å². The Morgan fingerprint density at radius 2 is 1.79 bits per heavy atom. The van der Waals surface area contributed by atoms with Crippen molar-refractivity contribution in [3.63, 3.8) is 0 Å². The van der Waals surface area contributed by atoms with E-state index >= 15 is 0 Å². The monoisotopic (exact) mass is 353 g/mol. The molecule has 4 heteroatoms. The Labute approximate surface area is 159 Å². The molecule has 0 heterocycles. The lowest BCUT2D eigenvalue weighted by molar-refractivity contribution is 0.0957. The molecule has 0 bridgehead atoms. The predicted molar refractivity (Wildman–Crippen MR) is 102 cm³/mol. The van der Waals surface area contributed by atoms with Gasteiger partial charge >= 0.3 is 0 Å². The van der Waals surface area contributed by atoms with E-state index in [9.17, 15) is 4.79 Å². The van der Waals surface area contributed by atoms with Crippen LogP contribution in [0, 0.1) is 0 Å². The number of hydrogen-bond acceptors (Lipinski definition) is 3. The van der Waals surface area contributed by atoms with Crippen molar-refractivity contribution in [1.82, 2.24) is 4.90 Å². The smallest absolute Gasteiger partial charge is 0.170 e. The first-order valence-electron chi connectivity index (χ1n) is 10.6. The van der Waals surface area contributed by atoms with Crippen molar-refractivity contribution in [3.8, 4) is 5.75 Å². The average molecular weight is 354 g/mol. The molecule has 24 heavy (non-hydrogen) atoms. The maximum Gasteiger partial charge on any atom is 0.170 e. The van der Waals surface area contributed by atoms with E-state index in [0.717, 1.165) is 5.56 Å². The Bertz CT molecular complexity index is 780. The molecule has 1 atom stereocenters. The molecule has 0 fully saturated rings. The van der Waals surface area contributed by atoms with E-state index in [1.165, 1.54) is 0 Å². The topological polar surface area (TPSA) is 29.5 Å². The number of hydrogen-bond donors (Lipinski definition) is 0. The third-order valence-electron chi connectivity index (χ3n) is 3.65. The number of Topliss-reactive ketones (excluding diaryl/α,β-unsaturated/α-hetero) is 1. The lowest BCUT2D eigenvalue weighted by Crippen LogP contribution is -2.19. The van der Waals surface area contributed by atoms with Gasteiger partial charge in [0.05, 0.1) is 0 Å². The van der Waals surface area contributed by atoms with E-state index in [2.05, 4.69) is 0 Å². The number of halogens is 1. The second-order valence-corrected chi connectivity index (χ2v) is 5.26. The second-order valence-electron chi connectivity index (χ2n) is 5.26. The summed E-state index contributed by atoms with van der Waals surface area (Å²) >= 11 is 0. The highest BCUT2D eigenvalue weighted by Crippen LogP contribution is 2.25. The van der Waals surface area contributed by atoms with Crippen LogP contribution in [0.2, 0.25) is 0 Å². The van der Waals surface area contributed by atoms with Crippen LogP contribution in [0.3, 0.4) is 0 Å². The molecule has 0 saturated heterocycles. The molecule has 3 nitrogen and oxygen atoms in total. The Morgan fingerprint density at radius 1 is 1.12 bits per heavy atom. The summed E-state index contributed by atoms with van der Waals surface area (Å²) in [4.78, 5) is 13.3. The molecule has 0 aliphatic heterocycles. The van der Waals surface area contributed by atoms with Crippen molar-refractivity contribution >= 4 is 18.2 Å². The number of rotatable bonds is 8. The zero-order chi connectivity index (χ0) is 21.7. The van der Waals surface area contributed by atoms with Crippen molar-refractivity contribution in [1.29, 1.82) is 0 Å². The number of benzene rings is 2. The lowest BCUT2D eigenvalue weighted by Gasteiger charge is -2.15. The molecule has 2 aromatic carbocycles. The number of likely N-dealkylation sites (N-methyl/N-ethyl adjacent to an activating group) is 1. The summed E-state index contributed by atoms with van der Waals surface area (Å²) in [7, 11) is 0. The van der Waals surface area contributed by atoms with Gasteiger partial charge in [-0.2, -0.15) is 0 Å². The highest BCUT2D eigenvalue weighted by Gasteiger charge is 2.19. The molecule has 1 unspecified atom stereocenters. The first kappa shape index (κ1) is 12.5. The minimum absolute atomic E-state index is 0. The Morgan fingerprint density at radius 3 is 2.38 bits per heavy atom. The van der Waals surface area contributed by atoms with Crippen LogP contribution in [-0.4, -0.2) is 37.8 Å². The van der Waals surface area contributed by atoms with Crippen LogP contribution in [0.4, 0.5) is 0 Å².